The van der Waals surface area contributed by atoms with Crippen molar-refractivity contribution in [2.45, 2.75) is 0 Å². The molecule has 0 aliphatic rings. The van der Waals surface area contributed by atoms with Crippen molar-refractivity contribution in [1.82, 2.24) is 20.0 Å². The van der Waals surface area contributed by atoms with Gasteiger partial charge in [-0.1, -0.05) is 6.07 Å². The molecule has 0 aliphatic carbocycles. The standard InChI is InChI=1S/C14H11N5O2/c20-13-6-5-12(17-18-13)14(21)16-10-3-1-4-11(9-10)19-8-2-7-15-19/h1-9H,(H,16,21)(H,18,20). The summed E-state index contributed by atoms with van der Waals surface area (Å²) in [6.45, 7) is 0. The van der Waals surface area contributed by atoms with Gasteiger partial charge in [-0.3, -0.25) is 9.59 Å². The van der Waals surface area contributed by atoms with Crippen molar-refractivity contribution < 1.29 is 4.79 Å². The van der Waals surface area contributed by atoms with Crippen molar-refractivity contribution in [3.05, 3.63) is 70.9 Å². The Kier molecular flexibility index (Phi) is 3.30. The third-order valence-electron chi connectivity index (χ3n) is 2.78. The number of hydrogen-bond donors (Lipinski definition) is 2. The van der Waals surface area contributed by atoms with Crippen molar-refractivity contribution in [3.63, 3.8) is 0 Å². The number of hydrogen-bond acceptors (Lipinski definition) is 4. The third kappa shape index (κ3) is 2.86. The molecule has 0 bridgehead atoms. The highest BCUT2D eigenvalue weighted by Crippen LogP contribution is 2.14. The second-order valence-electron chi connectivity index (χ2n) is 4.26. The summed E-state index contributed by atoms with van der Waals surface area (Å²) in [5, 5.41) is 12.7. The SMILES string of the molecule is O=C(Nc1cccc(-n2cccn2)c1)c1ccc(=O)[nH]n1. The van der Waals surface area contributed by atoms with E-state index in [0.717, 1.165) is 5.69 Å². The molecule has 0 saturated carbocycles. The van der Waals surface area contributed by atoms with Gasteiger partial charge in [-0.15, -0.1) is 0 Å². The minimum Gasteiger partial charge on any atom is -0.321 e. The monoisotopic (exact) mass is 281 g/mol. The average molecular weight is 281 g/mol. The summed E-state index contributed by atoms with van der Waals surface area (Å²) in [5.41, 5.74) is 1.22. The van der Waals surface area contributed by atoms with E-state index in [4.69, 9.17) is 0 Å². The molecule has 0 radical (unpaired) electrons. The fourth-order valence-electron chi connectivity index (χ4n) is 1.81. The third-order valence-corrected chi connectivity index (χ3v) is 2.78. The second-order valence-corrected chi connectivity index (χ2v) is 4.26. The fourth-order valence-corrected chi connectivity index (χ4v) is 1.81. The molecule has 0 unspecified atom stereocenters. The van der Waals surface area contributed by atoms with E-state index in [2.05, 4.69) is 20.6 Å². The summed E-state index contributed by atoms with van der Waals surface area (Å²) in [6.07, 6.45) is 3.49. The van der Waals surface area contributed by atoms with Crippen LogP contribution in [0.5, 0.6) is 0 Å². The normalized spacial score (nSPS) is 10.3. The minimum absolute atomic E-state index is 0.138. The van der Waals surface area contributed by atoms with Crippen LogP contribution in [0.25, 0.3) is 5.69 Å². The van der Waals surface area contributed by atoms with Crippen molar-refractivity contribution in [2.24, 2.45) is 0 Å². The highest BCUT2D eigenvalue weighted by Gasteiger charge is 2.08. The van der Waals surface area contributed by atoms with Gasteiger partial charge in [0.15, 0.2) is 0 Å². The van der Waals surface area contributed by atoms with Crippen LogP contribution in [-0.4, -0.2) is 25.9 Å². The number of rotatable bonds is 3. The van der Waals surface area contributed by atoms with Crippen LogP contribution in [0.1, 0.15) is 10.5 Å². The molecule has 1 amide bonds. The molecule has 1 aromatic carbocycles. The van der Waals surface area contributed by atoms with E-state index in [-0.39, 0.29) is 11.3 Å². The first-order chi connectivity index (χ1) is 10.2. The molecule has 0 saturated heterocycles. The molecule has 0 atom stereocenters. The number of carbonyl (C=O) groups is 1. The highest BCUT2D eigenvalue weighted by atomic mass is 16.2. The van der Waals surface area contributed by atoms with E-state index >= 15 is 0 Å². The van der Waals surface area contributed by atoms with Gasteiger partial charge in [0.1, 0.15) is 5.69 Å². The van der Waals surface area contributed by atoms with Gasteiger partial charge in [0.05, 0.1) is 5.69 Å². The first kappa shape index (κ1) is 12.8. The molecule has 3 aromatic rings. The molecule has 7 nitrogen and oxygen atoms in total. The van der Waals surface area contributed by atoms with Crippen molar-refractivity contribution >= 4 is 11.6 Å². The van der Waals surface area contributed by atoms with Crippen LogP contribution in [-0.2, 0) is 0 Å². The minimum atomic E-state index is -0.399. The maximum atomic E-state index is 12.0. The van der Waals surface area contributed by atoms with Gasteiger partial charge < -0.3 is 5.32 Å². The number of amides is 1. The highest BCUT2D eigenvalue weighted by molar-refractivity contribution is 6.02. The Balaban J connectivity index is 1.82. The maximum Gasteiger partial charge on any atom is 0.276 e. The molecule has 0 aliphatic heterocycles. The summed E-state index contributed by atoms with van der Waals surface area (Å²) in [5.74, 6) is -0.399. The zero-order valence-electron chi connectivity index (χ0n) is 10.9. The first-order valence-electron chi connectivity index (χ1n) is 6.19. The molecular weight excluding hydrogens is 270 g/mol. The predicted molar refractivity (Wildman–Crippen MR) is 76.4 cm³/mol. The number of carbonyl (C=O) groups excluding carboxylic acids is 1. The molecule has 2 aromatic heterocycles. The summed E-state index contributed by atoms with van der Waals surface area (Å²) in [6, 6.07) is 11.7. The van der Waals surface area contributed by atoms with E-state index in [1.165, 1.54) is 12.1 Å². The number of nitrogens with one attached hydrogen (secondary N) is 2. The largest absolute Gasteiger partial charge is 0.321 e. The smallest absolute Gasteiger partial charge is 0.276 e. The van der Waals surface area contributed by atoms with Gasteiger partial charge >= 0.3 is 0 Å². The number of anilines is 1. The quantitative estimate of drug-likeness (QED) is 0.754. The molecule has 0 spiro atoms. The fraction of sp³-hybridized carbons (Fsp3) is 0. The Morgan fingerprint density at radius 2 is 2.10 bits per heavy atom. The number of nitrogens with zero attached hydrogens (tertiary/aromatic N) is 3. The topological polar surface area (TPSA) is 92.7 Å². The summed E-state index contributed by atoms with van der Waals surface area (Å²) in [7, 11) is 0. The Morgan fingerprint density at radius 3 is 2.81 bits per heavy atom. The summed E-state index contributed by atoms with van der Waals surface area (Å²) >= 11 is 0. The van der Waals surface area contributed by atoms with Crippen LogP contribution in [0.2, 0.25) is 0 Å². The Labute approximate surface area is 119 Å². The maximum absolute atomic E-state index is 12.0. The molecule has 2 N–H and O–H groups in total. The number of benzene rings is 1. The van der Waals surface area contributed by atoms with Gasteiger partial charge in [-0.2, -0.15) is 10.2 Å². The van der Waals surface area contributed by atoms with E-state index in [9.17, 15) is 9.59 Å². The molecule has 3 rings (SSSR count). The molecule has 2 heterocycles. The van der Waals surface area contributed by atoms with Crippen LogP contribution < -0.4 is 10.9 Å². The van der Waals surface area contributed by atoms with E-state index in [0.29, 0.717) is 5.69 Å². The van der Waals surface area contributed by atoms with Gasteiger partial charge in [-0.25, -0.2) is 9.78 Å². The number of aromatic amines is 1. The molecular formula is C14H11N5O2. The molecule has 21 heavy (non-hydrogen) atoms. The predicted octanol–water partition coefficient (Wildman–Crippen LogP) is 1.21. The number of aromatic nitrogens is 4. The van der Waals surface area contributed by atoms with Crippen molar-refractivity contribution in [3.8, 4) is 5.69 Å². The Bertz CT molecular complexity index is 803. The lowest BCUT2D eigenvalue weighted by molar-refractivity contribution is 0.102. The zero-order chi connectivity index (χ0) is 14.7. The van der Waals surface area contributed by atoms with Crippen molar-refractivity contribution in [1.29, 1.82) is 0 Å². The van der Waals surface area contributed by atoms with Crippen LogP contribution in [0.15, 0.2) is 59.7 Å². The number of H-pyrrole nitrogens is 1. The Morgan fingerprint density at radius 1 is 1.19 bits per heavy atom. The van der Waals surface area contributed by atoms with Crippen LogP contribution in [0, 0.1) is 0 Å². The average Bonchev–Trinajstić information content (AvgIpc) is 3.02. The summed E-state index contributed by atoms with van der Waals surface area (Å²) < 4.78 is 1.69. The van der Waals surface area contributed by atoms with Crippen LogP contribution >= 0.6 is 0 Å². The van der Waals surface area contributed by atoms with E-state index < -0.39 is 5.91 Å². The van der Waals surface area contributed by atoms with Gasteiger partial charge in [-0.05, 0) is 30.3 Å². The lowest BCUT2D eigenvalue weighted by atomic mass is 10.2. The van der Waals surface area contributed by atoms with Crippen LogP contribution in [0.3, 0.4) is 0 Å². The molecule has 0 fully saturated rings. The van der Waals surface area contributed by atoms with Crippen LogP contribution in [0.4, 0.5) is 5.69 Å². The lowest BCUT2D eigenvalue weighted by Crippen LogP contribution is -2.17. The van der Waals surface area contributed by atoms with E-state index in [1.54, 1.807) is 23.0 Å². The van der Waals surface area contributed by atoms with Gasteiger partial charge in [0.2, 0.25) is 0 Å². The van der Waals surface area contributed by atoms with E-state index in [1.807, 2.05) is 24.4 Å². The summed E-state index contributed by atoms with van der Waals surface area (Å²) in [4.78, 5) is 22.9. The second kappa shape index (κ2) is 5.41. The lowest BCUT2D eigenvalue weighted by Gasteiger charge is -2.07. The first-order valence-corrected chi connectivity index (χ1v) is 6.19. The molecule has 7 heteroatoms. The Hall–Kier alpha value is -3.22. The molecule has 104 valence electrons. The van der Waals surface area contributed by atoms with Crippen molar-refractivity contribution in [2.75, 3.05) is 5.32 Å². The zero-order valence-corrected chi connectivity index (χ0v) is 10.9. The van der Waals surface area contributed by atoms with Gasteiger partial charge in [0.25, 0.3) is 11.5 Å². The van der Waals surface area contributed by atoms with Gasteiger partial charge in [0, 0.05) is 24.1 Å².